The molecule has 1 atom stereocenters. The molecule has 0 N–H and O–H groups in total. The highest BCUT2D eigenvalue weighted by Crippen LogP contribution is 2.27. The van der Waals surface area contributed by atoms with Crippen molar-refractivity contribution >= 4 is 33.8 Å². The summed E-state index contributed by atoms with van der Waals surface area (Å²) >= 11 is 7.48. The number of hydrogen-bond acceptors (Lipinski definition) is 4. The highest BCUT2D eigenvalue weighted by molar-refractivity contribution is 7.15. The predicted octanol–water partition coefficient (Wildman–Crippen LogP) is 4.13. The maximum absolute atomic E-state index is 13.3. The molecule has 1 aliphatic rings. The van der Waals surface area contributed by atoms with E-state index in [4.69, 9.17) is 11.6 Å². The van der Waals surface area contributed by atoms with Gasteiger partial charge in [-0.3, -0.25) is 9.20 Å². The topological polar surface area (TPSA) is 40.8 Å². The predicted molar refractivity (Wildman–Crippen MR) is 111 cm³/mol. The molecule has 27 heavy (non-hydrogen) atoms. The van der Waals surface area contributed by atoms with Gasteiger partial charge in [0.15, 0.2) is 4.96 Å². The van der Waals surface area contributed by atoms with E-state index in [0.717, 1.165) is 35.9 Å². The maximum Gasteiger partial charge on any atom is 0.272 e. The fourth-order valence-electron chi connectivity index (χ4n) is 3.62. The van der Waals surface area contributed by atoms with Gasteiger partial charge in [-0.1, -0.05) is 37.6 Å². The summed E-state index contributed by atoms with van der Waals surface area (Å²) in [6.45, 7) is 6.94. The molecular formula is C20H23ClN4OS. The number of fused-ring (bicyclic) bond motifs is 1. The van der Waals surface area contributed by atoms with Gasteiger partial charge in [0.25, 0.3) is 5.91 Å². The largest absolute Gasteiger partial charge is 0.332 e. The van der Waals surface area contributed by atoms with Gasteiger partial charge in [0, 0.05) is 47.8 Å². The molecule has 1 fully saturated rings. The Balaban J connectivity index is 1.67. The van der Waals surface area contributed by atoms with Crippen LogP contribution in [0.1, 0.15) is 24.3 Å². The first-order chi connectivity index (χ1) is 12.9. The fourth-order valence-corrected chi connectivity index (χ4v) is 4.59. The van der Waals surface area contributed by atoms with Crippen LogP contribution in [0.2, 0.25) is 5.02 Å². The highest BCUT2D eigenvalue weighted by atomic mass is 35.5. The van der Waals surface area contributed by atoms with Crippen LogP contribution in [0.5, 0.6) is 0 Å². The van der Waals surface area contributed by atoms with Gasteiger partial charge in [0.1, 0.15) is 5.69 Å². The van der Waals surface area contributed by atoms with E-state index in [0.29, 0.717) is 16.6 Å². The first kappa shape index (κ1) is 18.5. The smallest absolute Gasteiger partial charge is 0.272 e. The highest BCUT2D eigenvalue weighted by Gasteiger charge is 2.33. The Hall–Kier alpha value is -1.89. The van der Waals surface area contributed by atoms with Crippen LogP contribution in [0.4, 0.5) is 0 Å². The van der Waals surface area contributed by atoms with Gasteiger partial charge in [-0.2, -0.15) is 0 Å². The van der Waals surface area contributed by atoms with E-state index in [1.165, 1.54) is 11.3 Å². The molecule has 1 aromatic carbocycles. The quantitative estimate of drug-likeness (QED) is 0.661. The van der Waals surface area contributed by atoms with Crippen molar-refractivity contribution in [3.05, 3.63) is 46.6 Å². The number of hydrogen-bond donors (Lipinski definition) is 0. The number of thiazole rings is 1. The zero-order valence-electron chi connectivity index (χ0n) is 15.7. The van der Waals surface area contributed by atoms with Crippen LogP contribution in [-0.4, -0.2) is 57.8 Å². The summed E-state index contributed by atoms with van der Waals surface area (Å²) in [5.74, 6) is 0.506. The number of piperazine rings is 1. The van der Waals surface area contributed by atoms with E-state index >= 15 is 0 Å². The second kappa shape index (κ2) is 7.26. The summed E-state index contributed by atoms with van der Waals surface area (Å²) in [6.07, 6.45) is 1.95. The molecule has 142 valence electrons. The lowest BCUT2D eigenvalue weighted by molar-refractivity contribution is 0.0396. The third kappa shape index (κ3) is 3.49. The number of rotatable bonds is 3. The molecule has 0 radical (unpaired) electrons. The van der Waals surface area contributed by atoms with E-state index in [1.807, 2.05) is 45.1 Å². The van der Waals surface area contributed by atoms with Crippen LogP contribution in [0, 0.1) is 5.92 Å². The van der Waals surface area contributed by atoms with Crippen molar-refractivity contribution in [1.82, 2.24) is 19.2 Å². The molecule has 1 saturated heterocycles. The Bertz CT molecular complexity index is 962. The van der Waals surface area contributed by atoms with Gasteiger partial charge in [-0.25, -0.2) is 4.98 Å². The molecule has 0 bridgehead atoms. The number of halogens is 1. The zero-order valence-corrected chi connectivity index (χ0v) is 17.3. The normalized spacial score (nSPS) is 18.6. The van der Waals surface area contributed by atoms with Crippen LogP contribution in [0.15, 0.2) is 35.8 Å². The SMILES string of the molecule is CC(C)[C@H]1CN(C)CCN1C(=O)c1csc2nc(-c3ccc(Cl)cc3)cn12. The van der Waals surface area contributed by atoms with Crippen molar-refractivity contribution in [2.75, 3.05) is 26.7 Å². The molecule has 3 heterocycles. The Kier molecular flexibility index (Phi) is 4.97. The third-order valence-electron chi connectivity index (χ3n) is 5.22. The Morgan fingerprint density at radius 3 is 2.70 bits per heavy atom. The van der Waals surface area contributed by atoms with Crippen molar-refractivity contribution in [3.8, 4) is 11.3 Å². The van der Waals surface area contributed by atoms with Gasteiger partial charge in [-0.15, -0.1) is 11.3 Å². The molecule has 2 aromatic heterocycles. The molecule has 4 rings (SSSR count). The minimum absolute atomic E-state index is 0.0908. The van der Waals surface area contributed by atoms with E-state index in [2.05, 4.69) is 30.8 Å². The Morgan fingerprint density at radius 2 is 2.00 bits per heavy atom. The second-order valence-electron chi connectivity index (χ2n) is 7.48. The molecule has 5 nitrogen and oxygen atoms in total. The zero-order chi connectivity index (χ0) is 19.1. The van der Waals surface area contributed by atoms with Crippen molar-refractivity contribution < 1.29 is 4.79 Å². The number of benzene rings is 1. The number of imidazole rings is 1. The van der Waals surface area contributed by atoms with E-state index in [9.17, 15) is 4.79 Å². The second-order valence-corrected chi connectivity index (χ2v) is 8.75. The molecule has 7 heteroatoms. The molecular weight excluding hydrogens is 380 g/mol. The lowest BCUT2D eigenvalue weighted by Gasteiger charge is -2.42. The van der Waals surface area contributed by atoms with Crippen LogP contribution in [-0.2, 0) is 0 Å². The molecule has 0 aliphatic carbocycles. The monoisotopic (exact) mass is 402 g/mol. The number of nitrogens with zero attached hydrogens (tertiary/aromatic N) is 4. The summed E-state index contributed by atoms with van der Waals surface area (Å²) < 4.78 is 1.92. The number of carbonyl (C=O) groups excluding carboxylic acids is 1. The lowest BCUT2D eigenvalue weighted by Crippen LogP contribution is -2.56. The van der Waals surface area contributed by atoms with Gasteiger partial charge < -0.3 is 9.80 Å². The van der Waals surface area contributed by atoms with Crippen molar-refractivity contribution in [2.45, 2.75) is 19.9 Å². The molecule has 0 unspecified atom stereocenters. The van der Waals surface area contributed by atoms with Crippen LogP contribution in [0.3, 0.4) is 0 Å². The fraction of sp³-hybridized carbons (Fsp3) is 0.400. The Morgan fingerprint density at radius 1 is 1.26 bits per heavy atom. The standard InChI is InChI=1S/C20H23ClN4OS/c1-13(2)17-11-23(3)8-9-24(17)19(26)18-12-27-20-22-16(10-25(18)20)14-4-6-15(21)7-5-14/h4-7,10,12-13,17H,8-9,11H2,1-3H3/t17-/m1/s1. The number of carbonyl (C=O) groups is 1. The van der Waals surface area contributed by atoms with E-state index in [1.54, 1.807) is 0 Å². The van der Waals surface area contributed by atoms with E-state index < -0.39 is 0 Å². The summed E-state index contributed by atoms with van der Waals surface area (Å²) in [6, 6.07) is 7.84. The summed E-state index contributed by atoms with van der Waals surface area (Å²) in [7, 11) is 2.12. The summed E-state index contributed by atoms with van der Waals surface area (Å²) in [5, 5.41) is 2.62. The minimum Gasteiger partial charge on any atom is -0.332 e. The van der Waals surface area contributed by atoms with Crippen molar-refractivity contribution in [2.24, 2.45) is 5.92 Å². The van der Waals surface area contributed by atoms with E-state index in [-0.39, 0.29) is 11.9 Å². The molecule has 0 spiro atoms. The van der Waals surface area contributed by atoms with Crippen LogP contribution >= 0.6 is 22.9 Å². The molecule has 1 aliphatic heterocycles. The van der Waals surface area contributed by atoms with Gasteiger partial charge >= 0.3 is 0 Å². The van der Waals surface area contributed by atoms with Crippen LogP contribution < -0.4 is 0 Å². The maximum atomic E-state index is 13.3. The summed E-state index contributed by atoms with van der Waals surface area (Å²) in [4.78, 5) is 23.2. The van der Waals surface area contributed by atoms with Gasteiger partial charge in [0.2, 0.25) is 0 Å². The molecule has 1 amide bonds. The minimum atomic E-state index is 0.0908. The van der Waals surface area contributed by atoms with Gasteiger partial charge in [-0.05, 0) is 25.1 Å². The first-order valence-electron chi connectivity index (χ1n) is 9.16. The third-order valence-corrected chi connectivity index (χ3v) is 6.31. The number of aromatic nitrogens is 2. The average molecular weight is 403 g/mol. The lowest BCUT2D eigenvalue weighted by atomic mass is 9.99. The van der Waals surface area contributed by atoms with Gasteiger partial charge in [0.05, 0.1) is 5.69 Å². The Labute approximate surface area is 168 Å². The van der Waals surface area contributed by atoms with Crippen molar-refractivity contribution in [1.29, 1.82) is 0 Å². The van der Waals surface area contributed by atoms with Crippen LogP contribution in [0.25, 0.3) is 16.2 Å². The summed E-state index contributed by atoms with van der Waals surface area (Å²) in [5.41, 5.74) is 2.54. The number of amides is 1. The molecule has 3 aromatic rings. The average Bonchev–Trinajstić information content (AvgIpc) is 3.22. The number of likely N-dealkylation sites (N-methyl/N-ethyl adjacent to an activating group) is 1. The van der Waals surface area contributed by atoms with Crippen molar-refractivity contribution in [3.63, 3.8) is 0 Å². The first-order valence-corrected chi connectivity index (χ1v) is 10.4. The molecule has 0 saturated carbocycles.